The summed E-state index contributed by atoms with van der Waals surface area (Å²) in [5, 5.41) is 0. The maximum atomic E-state index is 13.8. The molecule has 98 valence electrons. The Bertz CT molecular complexity index is 326. The van der Waals surface area contributed by atoms with Crippen molar-refractivity contribution in [3.8, 4) is 0 Å². The number of carbonyl (C=O) groups is 2. The summed E-state index contributed by atoms with van der Waals surface area (Å²) in [6.45, 7) is 8.21. The number of hydrogen-bond donors (Lipinski definition) is 0. The minimum atomic E-state index is -1.18. The zero-order valence-corrected chi connectivity index (χ0v) is 10.9. The van der Waals surface area contributed by atoms with Gasteiger partial charge in [-0.05, 0) is 19.3 Å². The van der Waals surface area contributed by atoms with Gasteiger partial charge in [0.15, 0.2) is 0 Å². The number of esters is 2. The summed E-state index contributed by atoms with van der Waals surface area (Å²) in [6, 6.07) is 0. The predicted molar refractivity (Wildman–Crippen MR) is 60.9 cm³/mol. The van der Waals surface area contributed by atoms with E-state index < -0.39 is 23.2 Å². The molecule has 5 heteroatoms. The van der Waals surface area contributed by atoms with Crippen molar-refractivity contribution in [2.75, 3.05) is 13.2 Å². The first-order valence-corrected chi connectivity index (χ1v) is 5.50. The average molecular weight is 246 g/mol. The smallest absolute Gasteiger partial charge is 0.367 e. The third-order valence-corrected chi connectivity index (χ3v) is 1.90. The van der Waals surface area contributed by atoms with E-state index >= 15 is 0 Å². The molecule has 0 aliphatic carbocycles. The molecule has 0 aromatic rings. The molecule has 0 saturated heterocycles. The summed E-state index contributed by atoms with van der Waals surface area (Å²) < 4.78 is 23.1. The molecule has 0 heterocycles. The van der Waals surface area contributed by atoms with Gasteiger partial charge in [-0.15, -0.1) is 0 Å². The fourth-order valence-corrected chi connectivity index (χ4v) is 1.22. The fourth-order valence-electron chi connectivity index (χ4n) is 1.22. The molecule has 0 aliphatic rings. The molecule has 0 amide bonds. The Hall–Kier alpha value is -1.39. The molecular weight excluding hydrogens is 227 g/mol. The van der Waals surface area contributed by atoms with Gasteiger partial charge in [0.2, 0.25) is 5.83 Å². The molecular formula is C12H19FO4. The van der Waals surface area contributed by atoms with Gasteiger partial charge in [0.05, 0.1) is 18.8 Å². The average Bonchev–Trinajstić information content (AvgIpc) is 2.16. The van der Waals surface area contributed by atoms with Crippen LogP contribution < -0.4 is 0 Å². The van der Waals surface area contributed by atoms with E-state index in [1.807, 2.05) is 0 Å². The van der Waals surface area contributed by atoms with Crippen LogP contribution >= 0.6 is 0 Å². The zero-order valence-electron chi connectivity index (χ0n) is 10.9. The molecule has 0 spiro atoms. The molecule has 0 N–H and O–H groups in total. The van der Waals surface area contributed by atoms with E-state index in [0.717, 1.165) is 0 Å². The molecule has 0 aromatic heterocycles. The molecule has 0 atom stereocenters. The predicted octanol–water partition coefficient (Wildman–Crippen LogP) is 2.38. The van der Waals surface area contributed by atoms with Crippen LogP contribution in [0.25, 0.3) is 0 Å². The van der Waals surface area contributed by atoms with Crippen LogP contribution in [0.2, 0.25) is 0 Å². The van der Waals surface area contributed by atoms with Crippen molar-refractivity contribution >= 4 is 11.9 Å². The zero-order chi connectivity index (χ0) is 13.6. The van der Waals surface area contributed by atoms with Gasteiger partial charge in [-0.3, -0.25) is 0 Å². The molecule has 17 heavy (non-hydrogen) atoms. The third-order valence-electron chi connectivity index (χ3n) is 1.90. The molecule has 0 fully saturated rings. The van der Waals surface area contributed by atoms with E-state index in [2.05, 4.69) is 4.74 Å². The summed E-state index contributed by atoms with van der Waals surface area (Å²) in [5.41, 5.74) is -1.12. The normalized spacial score (nSPS) is 12.8. The van der Waals surface area contributed by atoms with Crippen LogP contribution in [0.15, 0.2) is 11.4 Å². The second-order valence-electron chi connectivity index (χ2n) is 4.38. The summed E-state index contributed by atoms with van der Waals surface area (Å²) in [5.74, 6) is -3.14. The molecule has 4 nitrogen and oxygen atoms in total. The minimum Gasteiger partial charge on any atom is -0.463 e. The lowest BCUT2D eigenvalue weighted by Crippen LogP contribution is -2.24. The molecule has 0 aromatic carbocycles. The summed E-state index contributed by atoms with van der Waals surface area (Å²) in [6.07, 6.45) is 0. The van der Waals surface area contributed by atoms with Crippen LogP contribution in [-0.2, 0) is 19.1 Å². The number of ether oxygens (including phenoxy) is 2. The Morgan fingerprint density at radius 1 is 1.00 bits per heavy atom. The minimum absolute atomic E-state index is 0.0481. The van der Waals surface area contributed by atoms with Gasteiger partial charge in [0, 0.05) is 0 Å². The van der Waals surface area contributed by atoms with Crippen LogP contribution in [0, 0.1) is 5.41 Å². The van der Waals surface area contributed by atoms with E-state index in [0.29, 0.717) is 0 Å². The molecule has 0 unspecified atom stereocenters. The van der Waals surface area contributed by atoms with Gasteiger partial charge in [0.1, 0.15) is 0 Å². The van der Waals surface area contributed by atoms with Crippen LogP contribution in [0.1, 0.15) is 34.6 Å². The lowest BCUT2D eigenvalue weighted by molar-refractivity contribution is -0.144. The largest absolute Gasteiger partial charge is 0.463 e. The van der Waals surface area contributed by atoms with Gasteiger partial charge < -0.3 is 9.47 Å². The van der Waals surface area contributed by atoms with E-state index in [1.54, 1.807) is 34.6 Å². The highest BCUT2D eigenvalue weighted by atomic mass is 19.1. The van der Waals surface area contributed by atoms with Crippen molar-refractivity contribution in [3.05, 3.63) is 11.4 Å². The summed E-state index contributed by atoms with van der Waals surface area (Å²) in [7, 11) is 0. The van der Waals surface area contributed by atoms with Crippen molar-refractivity contribution in [2.24, 2.45) is 5.41 Å². The van der Waals surface area contributed by atoms with Crippen LogP contribution in [0.4, 0.5) is 4.39 Å². The van der Waals surface area contributed by atoms with Crippen LogP contribution in [0.5, 0.6) is 0 Å². The second-order valence-corrected chi connectivity index (χ2v) is 4.38. The number of carbonyl (C=O) groups excluding carboxylic acids is 2. The first kappa shape index (κ1) is 15.6. The Kier molecular flexibility index (Phi) is 5.85. The Morgan fingerprint density at radius 2 is 1.41 bits per heavy atom. The second kappa shape index (κ2) is 6.37. The third kappa shape index (κ3) is 4.54. The Labute approximate surface area is 101 Å². The quantitative estimate of drug-likeness (QED) is 0.564. The van der Waals surface area contributed by atoms with Crippen molar-refractivity contribution in [3.63, 3.8) is 0 Å². The SMILES string of the molecule is CCOC(=O)/C(F)=C(/C(=O)OCC)C(C)(C)C. The van der Waals surface area contributed by atoms with Gasteiger partial charge in [0.25, 0.3) is 0 Å². The van der Waals surface area contributed by atoms with E-state index in [-0.39, 0.29) is 18.8 Å². The van der Waals surface area contributed by atoms with E-state index in [1.165, 1.54) is 0 Å². The number of rotatable bonds is 4. The summed E-state index contributed by atoms with van der Waals surface area (Å²) in [4.78, 5) is 22.9. The van der Waals surface area contributed by atoms with Crippen LogP contribution in [0.3, 0.4) is 0 Å². The topological polar surface area (TPSA) is 52.6 Å². The van der Waals surface area contributed by atoms with Gasteiger partial charge in [-0.1, -0.05) is 20.8 Å². The highest BCUT2D eigenvalue weighted by Gasteiger charge is 2.33. The standard InChI is InChI=1S/C12H19FO4/c1-6-16-10(14)8(12(3,4)5)9(13)11(15)17-7-2/h6-7H2,1-5H3/b9-8+. The van der Waals surface area contributed by atoms with Gasteiger partial charge in [-0.2, -0.15) is 4.39 Å². The summed E-state index contributed by atoms with van der Waals surface area (Å²) >= 11 is 0. The molecule has 0 saturated carbocycles. The van der Waals surface area contributed by atoms with Gasteiger partial charge >= 0.3 is 11.9 Å². The van der Waals surface area contributed by atoms with E-state index in [9.17, 15) is 14.0 Å². The molecule has 0 bridgehead atoms. The van der Waals surface area contributed by atoms with Crippen molar-refractivity contribution in [1.29, 1.82) is 0 Å². The molecule has 0 rings (SSSR count). The first-order chi connectivity index (χ1) is 7.75. The Morgan fingerprint density at radius 3 is 1.76 bits per heavy atom. The maximum absolute atomic E-state index is 13.8. The maximum Gasteiger partial charge on any atom is 0.367 e. The van der Waals surface area contributed by atoms with E-state index in [4.69, 9.17) is 4.74 Å². The van der Waals surface area contributed by atoms with Crippen molar-refractivity contribution < 1.29 is 23.5 Å². The number of hydrogen-bond acceptors (Lipinski definition) is 4. The lowest BCUT2D eigenvalue weighted by Gasteiger charge is -2.21. The van der Waals surface area contributed by atoms with Crippen molar-refractivity contribution in [1.82, 2.24) is 0 Å². The number of halogens is 1. The fraction of sp³-hybridized carbons (Fsp3) is 0.667. The lowest BCUT2D eigenvalue weighted by atomic mass is 9.85. The molecule has 0 aliphatic heterocycles. The highest BCUT2D eigenvalue weighted by Crippen LogP contribution is 2.30. The van der Waals surface area contributed by atoms with Crippen LogP contribution in [-0.4, -0.2) is 25.2 Å². The monoisotopic (exact) mass is 246 g/mol. The van der Waals surface area contributed by atoms with Gasteiger partial charge in [-0.25, -0.2) is 9.59 Å². The highest BCUT2D eigenvalue weighted by molar-refractivity contribution is 5.99. The first-order valence-electron chi connectivity index (χ1n) is 5.50. The Balaban J connectivity index is 5.37. The molecule has 0 radical (unpaired) electrons. The van der Waals surface area contributed by atoms with Crippen molar-refractivity contribution in [2.45, 2.75) is 34.6 Å².